The van der Waals surface area contributed by atoms with E-state index in [1.165, 1.54) is 43.4 Å². The van der Waals surface area contributed by atoms with Crippen LogP contribution >= 0.6 is 11.3 Å². The van der Waals surface area contributed by atoms with Crippen LogP contribution in [0, 0.1) is 5.92 Å². The van der Waals surface area contributed by atoms with Gasteiger partial charge >= 0.3 is 0 Å². The fourth-order valence-electron chi connectivity index (χ4n) is 2.95. The van der Waals surface area contributed by atoms with Crippen molar-refractivity contribution in [3.63, 3.8) is 0 Å². The summed E-state index contributed by atoms with van der Waals surface area (Å²) in [6.07, 6.45) is 10.5. The second kappa shape index (κ2) is 10.4. The molecule has 8 heteroatoms. The molecule has 1 fully saturated rings. The first-order chi connectivity index (χ1) is 12.2. The Morgan fingerprint density at radius 1 is 1.24 bits per heavy atom. The number of pyridine rings is 1. The Kier molecular flexibility index (Phi) is 7.84. The zero-order chi connectivity index (χ0) is 17.9. The summed E-state index contributed by atoms with van der Waals surface area (Å²) in [5.74, 6) is 0.596. The minimum atomic E-state index is 0.0463. The third kappa shape index (κ3) is 6.50. The molecular weight excluding hydrogens is 336 g/mol. The summed E-state index contributed by atoms with van der Waals surface area (Å²) in [5.41, 5.74) is 11.1. The standard InChI is InChI=1S/C13H18N2O.C4H6N4S/c16-10-15-13(11-6-2-1-3-7-11)12-8-4-5-9-14-12;5-3(6)8-4-7-1-2-9-4/h4-5,8-11,13H,1-3,6-7H2,(H,15,16);1-2H,(H4,5,6,7,8)/t13-;/m1./s1. The summed E-state index contributed by atoms with van der Waals surface area (Å²) in [7, 11) is 0. The van der Waals surface area contributed by atoms with Crippen LogP contribution in [0.25, 0.3) is 0 Å². The summed E-state index contributed by atoms with van der Waals surface area (Å²) in [6.45, 7) is 0. The lowest BCUT2D eigenvalue weighted by atomic mass is 9.82. The minimum Gasteiger partial charge on any atom is -0.370 e. The molecule has 2 aromatic heterocycles. The third-order valence-corrected chi connectivity index (χ3v) is 4.68. The molecule has 5 N–H and O–H groups in total. The number of amides is 1. The van der Waals surface area contributed by atoms with Crippen molar-refractivity contribution in [2.75, 3.05) is 0 Å². The van der Waals surface area contributed by atoms with E-state index in [2.05, 4.69) is 20.3 Å². The number of thiazole rings is 1. The highest BCUT2D eigenvalue weighted by Gasteiger charge is 2.25. The molecule has 1 amide bonds. The maximum Gasteiger partial charge on any atom is 0.212 e. The van der Waals surface area contributed by atoms with Crippen molar-refractivity contribution in [1.29, 1.82) is 0 Å². The van der Waals surface area contributed by atoms with Gasteiger partial charge in [-0.15, -0.1) is 11.3 Å². The van der Waals surface area contributed by atoms with E-state index in [4.69, 9.17) is 11.5 Å². The zero-order valence-corrected chi connectivity index (χ0v) is 14.9. The van der Waals surface area contributed by atoms with Gasteiger partial charge in [-0.05, 0) is 30.9 Å². The normalized spacial score (nSPS) is 15.4. The zero-order valence-electron chi connectivity index (χ0n) is 14.0. The van der Waals surface area contributed by atoms with Gasteiger partial charge in [0.05, 0.1) is 11.7 Å². The van der Waals surface area contributed by atoms with Gasteiger partial charge in [-0.25, -0.2) is 4.98 Å². The van der Waals surface area contributed by atoms with E-state index < -0.39 is 0 Å². The van der Waals surface area contributed by atoms with E-state index in [9.17, 15) is 4.79 Å². The molecule has 0 aliphatic heterocycles. The lowest BCUT2D eigenvalue weighted by molar-refractivity contribution is -0.110. The molecule has 1 aliphatic carbocycles. The fraction of sp³-hybridized carbons (Fsp3) is 0.412. The SMILES string of the molecule is NC(N)=Nc1nccs1.O=CN[C@@H](c1ccccn1)C1CCCCC1. The summed E-state index contributed by atoms with van der Waals surface area (Å²) in [4.78, 5) is 22.6. The number of aliphatic imine (C=N–C) groups is 1. The van der Waals surface area contributed by atoms with Gasteiger partial charge in [0, 0.05) is 17.8 Å². The van der Waals surface area contributed by atoms with Gasteiger partial charge in [0.25, 0.3) is 0 Å². The number of hydrogen-bond acceptors (Lipinski definition) is 5. The average Bonchev–Trinajstić information content (AvgIpc) is 3.14. The monoisotopic (exact) mass is 360 g/mol. The van der Waals surface area contributed by atoms with Crippen LogP contribution in [-0.2, 0) is 4.79 Å². The molecule has 0 aromatic carbocycles. The van der Waals surface area contributed by atoms with Crippen molar-refractivity contribution in [2.24, 2.45) is 22.4 Å². The van der Waals surface area contributed by atoms with Crippen molar-refractivity contribution in [3.05, 3.63) is 41.7 Å². The molecular formula is C17H24N6OS. The topological polar surface area (TPSA) is 119 Å². The van der Waals surface area contributed by atoms with E-state index in [0.29, 0.717) is 11.0 Å². The largest absolute Gasteiger partial charge is 0.370 e. The number of guanidine groups is 1. The summed E-state index contributed by atoms with van der Waals surface area (Å²) in [6, 6.07) is 5.97. The Labute approximate surface area is 151 Å². The number of nitrogens with one attached hydrogen (secondary N) is 1. The second-order valence-electron chi connectivity index (χ2n) is 5.77. The molecule has 1 aliphatic rings. The van der Waals surface area contributed by atoms with Crippen LogP contribution in [0.1, 0.15) is 43.8 Å². The fourth-order valence-corrected chi connectivity index (χ4v) is 3.47. The van der Waals surface area contributed by atoms with Crippen molar-refractivity contribution >= 4 is 28.8 Å². The van der Waals surface area contributed by atoms with Gasteiger partial charge in [0.1, 0.15) is 0 Å². The van der Waals surface area contributed by atoms with Crippen LogP contribution < -0.4 is 16.8 Å². The van der Waals surface area contributed by atoms with Crippen LogP contribution in [-0.4, -0.2) is 22.3 Å². The summed E-state index contributed by atoms with van der Waals surface area (Å²) >= 11 is 1.39. The molecule has 1 atom stereocenters. The highest BCUT2D eigenvalue weighted by atomic mass is 32.1. The van der Waals surface area contributed by atoms with E-state index in [-0.39, 0.29) is 12.0 Å². The predicted molar refractivity (Wildman–Crippen MR) is 100 cm³/mol. The molecule has 0 radical (unpaired) electrons. The van der Waals surface area contributed by atoms with Crippen molar-refractivity contribution in [2.45, 2.75) is 38.1 Å². The van der Waals surface area contributed by atoms with Crippen LogP contribution in [0.15, 0.2) is 41.0 Å². The first kappa shape index (κ1) is 18.9. The Bertz CT molecular complexity index is 636. The van der Waals surface area contributed by atoms with Gasteiger partial charge < -0.3 is 16.8 Å². The Hall–Kier alpha value is -2.48. The van der Waals surface area contributed by atoms with Gasteiger partial charge in [0.15, 0.2) is 5.96 Å². The lowest BCUT2D eigenvalue weighted by Crippen LogP contribution is -2.29. The molecule has 7 nitrogen and oxygen atoms in total. The first-order valence-electron chi connectivity index (χ1n) is 8.30. The number of carbonyl (C=O) groups is 1. The van der Waals surface area contributed by atoms with Crippen molar-refractivity contribution in [3.8, 4) is 0 Å². The smallest absolute Gasteiger partial charge is 0.212 e. The average molecular weight is 360 g/mol. The van der Waals surface area contributed by atoms with Gasteiger partial charge in [-0.1, -0.05) is 25.3 Å². The minimum absolute atomic E-state index is 0.0463. The molecule has 0 spiro atoms. The van der Waals surface area contributed by atoms with Crippen molar-refractivity contribution in [1.82, 2.24) is 15.3 Å². The maximum atomic E-state index is 10.7. The Balaban J connectivity index is 0.000000212. The molecule has 25 heavy (non-hydrogen) atoms. The van der Waals surface area contributed by atoms with Gasteiger partial charge in [-0.3, -0.25) is 9.78 Å². The highest BCUT2D eigenvalue weighted by molar-refractivity contribution is 7.13. The van der Waals surface area contributed by atoms with Crippen LogP contribution in [0.5, 0.6) is 0 Å². The third-order valence-electron chi connectivity index (χ3n) is 4.02. The molecule has 134 valence electrons. The maximum absolute atomic E-state index is 10.7. The van der Waals surface area contributed by atoms with E-state index in [1.807, 2.05) is 23.6 Å². The molecule has 2 heterocycles. The summed E-state index contributed by atoms with van der Waals surface area (Å²) in [5, 5.41) is 5.33. The first-order valence-corrected chi connectivity index (χ1v) is 9.18. The number of carbonyl (C=O) groups excluding carboxylic acids is 1. The van der Waals surface area contributed by atoms with E-state index >= 15 is 0 Å². The van der Waals surface area contributed by atoms with Gasteiger partial charge in [0.2, 0.25) is 11.5 Å². The Morgan fingerprint density at radius 2 is 2.04 bits per heavy atom. The quantitative estimate of drug-likeness (QED) is 0.430. The number of nitrogens with zero attached hydrogens (tertiary/aromatic N) is 3. The van der Waals surface area contributed by atoms with E-state index in [0.717, 1.165) is 12.1 Å². The number of aromatic nitrogens is 2. The van der Waals surface area contributed by atoms with Crippen molar-refractivity contribution < 1.29 is 4.79 Å². The number of rotatable bonds is 5. The molecule has 0 unspecified atom stereocenters. The van der Waals surface area contributed by atoms with Crippen LogP contribution in [0.2, 0.25) is 0 Å². The second-order valence-corrected chi connectivity index (χ2v) is 6.64. The molecule has 3 rings (SSSR count). The van der Waals surface area contributed by atoms with E-state index in [1.54, 1.807) is 12.4 Å². The highest BCUT2D eigenvalue weighted by Crippen LogP contribution is 2.33. The summed E-state index contributed by atoms with van der Waals surface area (Å²) < 4.78 is 0. The molecule has 1 saturated carbocycles. The van der Waals surface area contributed by atoms with Crippen LogP contribution in [0.3, 0.4) is 0 Å². The molecule has 0 bridgehead atoms. The lowest BCUT2D eigenvalue weighted by Gasteiger charge is -2.29. The molecule has 0 saturated heterocycles. The predicted octanol–water partition coefficient (Wildman–Crippen LogP) is 2.50. The van der Waals surface area contributed by atoms with Crippen LogP contribution in [0.4, 0.5) is 5.13 Å². The number of nitrogens with two attached hydrogens (primary N) is 2. The molecule has 2 aromatic rings. The van der Waals surface area contributed by atoms with Gasteiger partial charge in [-0.2, -0.15) is 4.99 Å². The number of hydrogen-bond donors (Lipinski definition) is 3. The Morgan fingerprint density at radius 3 is 2.60 bits per heavy atom.